The lowest BCUT2D eigenvalue weighted by molar-refractivity contribution is -0.117. The van der Waals surface area contributed by atoms with E-state index >= 15 is 0 Å². The molecule has 1 saturated carbocycles. The fourth-order valence-electron chi connectivity index (χ4n) is 3.39. The molecule has 28 heavy (non-hydrogen) atoms. The summed E-state index contributed by atoms with van der Waals surface area (Å²) in [4.78, 5) is 24.3. The Morgan fingerprint density at radius 2 is 1.79 bits per heavy atom. The van der Waals surface area contributed by atoms with Gasteiger partial charge in [0.25, 0.3) is 5.91 Å². The standard InChI is InChI=1S/C21H24FN3O2.ClH/c22-18-6-2-1-4-16(18)13-24-21(27)14-8-10-17(11-9-14)25-20(26)12-15-5-3-7-19(15)23;/h1-2,4,6,8-11,15,19H,3,5,7,12-13,23H2,(H,24,27)(H,25,26);1H/t15-,19+;/m0./s1. The Labute approximate surface area is 170 Å². The zero-order valence-electron chi connectivity index (χ0n) is 15.5. The normalized spacial score (nSPS) is 18.2. The second kappa shape index (κ2) is 10.2. The number of rotatable bonds is 6. The van der Waals surface area contributed by atoms with Crippen LogP contribution in [0.25, 0.3) is 0 Å². The van der Waals surface area contributed by atoms with Crippen LogP contribution >= 0.6 is 12.4 Å². The first-order valence-electron chi connectivity index (χ1n) is 9.20. The predicted molar refractivity (Wildman–Crippen MR) is 110 cm³/mol. The van der Waals surface area contributed by atoms with E-state index in [0.29, 0.717) is 23.2 Å². The number of hydrogen-bond donors (Lipinski definition) is 3. The molecule has 0 saturated heterocycles. The summed E-state index contributed by atoms with van der Waals surface area (Å²) in [6, 6.07) is 13.1. The highest BCUT2D eigenvalue weighted by atomic mass is 35.5. The van der Waals surface area contributed by atoms with Gasteiger partial charge in [0.1, 0.15) is 5.82 Å². The fourth-order valence-corrected chi connectivity index (χ4v) is 3.39. The summed E-state index contributed by atoms with van der Waals surface area (Å²) >= 11 is 0. The number of carbonyl (C=O) groups is 2. The van der Waals surface area contributed by atoms with Crippen LogP contribution in [0, 0.1) is 11.7 Å². The molecule has 0 aliphatic heterocycles. The molecule has 0 bridgehead atoms. The molecular formula is C21H25ClFN3O2. The second-order valence-corrected chi connectivity index (χ2v) is 6.96. The van der Waals surface area contributed by atoms with Crippen molar-refractivity contribution >= 4 is 29.9 Å². The number of amides is 2. The maximum absolute atomic E-state index is 13.6. The van der Waals surface area contributed by atoms with E-state index in [1.807, 2.05) is 0 Å². The van der Waals surface area contributed by atoms with E-state index in [4.69, 9.17) is 5.73 Å². The summed E-state index contributed by atoms with van der Waals surface area (Å²) in [6.07, 6.45) is 3.48. The van der Waals surface area contributed by atoms with E-state index in [-0.39, 0.29) is 48.5 Å². The zero-order valence-corrected chi connectivity index (χ0v) is 16.3. The van der Waals surface area contributed by atoms with Gasteiger partial charge in [0, 0.05) is 35.8 Å². The quantitative estimate of drug-likeness (QED) is 0.686. The van der Waals surface area contributed by atoms with Crippen molar-refractivity contribution < 1.29 is 14.0 Å². The molecule has 0 radical (unpaired) electrons. The van der Waals surface area contributed by atoms with Crippen molar-refractivity contribution in [3.8, 4) is 0 Å². The van der Waals surface area contributed by atoms with Gasteiger partial charge in [-0.3, -0.25) is 9.59 Å². The van der Waals surface area contributed by atoms with Gasteiger partial charge in [0.05, 0.1) is 0 Å². The van der Waals surface area contributed by atoms with E-state index < -0.39 is 0 Å². The van der Waals surface area contributed by atoms with Gasteiger partial charge in [-0.25, -0.2) is 4.39 Å². The van der Waals surface area contributed by atoms with Crippen molar-refractivity contribution in [1.82, 2.24) is 5.32 Å². The Bertz CT molecular complexity index is 814. The van der Waals surface area contributed by atoms with E-state index in [1.165, 1.54) is 6.07 Å². The number of nitrogens with two attached hydrogens (primary N) is 1. The van der Waals surface area contributed by atoms with E-state index in [1.54, 1.807) is 42.5 Å². The lowest BCUT2D eigenvalue weighted by Gasteiger charge is -2.14. The topological polar surface area (TPSA) is 84.2 Å². The molecule has 1 fully saturated rings. The first-order valence-corrected chi connectivity index (χ1v) is 9.20. The van der Waals surface area contributed by atoms with Crippen LogP contribution in [0.4, 0.5) is 10.1 Å². The molecule has 7 heteroatoms. The number of benzene rings is 2. The molecule has 0 heterocycles. The summed E-state index contributed by atoms with van der Waals surface area (Å²) in [6.45, 7) is 0.117. The zero-order chi connectivity index (χ0) is 19.2. The monoisotopic (exact) mass is 405 g/mol. The number of halogens is 2. The van der Waals surface area contributed by atoms with Crippen LogP contribution in [0.5, 0.6) is 0 Å². The summed E-state index contributed by atoms with van der Waals surface area (Å²) in [5.74, 6) is -0.464. The van der Waals surface area contributed by atoms with Crippen LogP contribution in [-0.4, -0.2) is 17.9 Å². The molecule has 4 N–H and O–H groups in total. The molecule has 1 aliphatic carbocycles. The van der Waals surface area contributed by atoms with Crippen LogP contribution in [-0.2, 0) is 11.3 Å². The molecule has 150 valence electrons. The molecule has 2 aromatic rings. The Kier molecular flexibility index (Phi) is 7.96. The van der Waals surface area contributed by atoms with Crippen LogP contribution in [0.15, 0.2) is 48.5 Å². The maximum Gasteiger partial charge on any atom is 0.251 e. The smallest absolute Gasteiger partial charge is 0.251 e. The molecule has 5 nitrogen and oxygen atoms in total. The van der Waals surface area contributed by atoms with Gasteiger partial charge in [0.15, 0.2) is 0 Å². The fraction of sp³-hybridized carbons (Fsp3) is 0.333. The van der Waals surface area contributed by atoms with Crippen LogP contribution in [0.2, 0.25) is 0 Å². The van der Waals surface area contributed by atoms with E-state index in [2.05, 4.69) is 10.6 Å². The molecule has 2 atom stereocenters. The van der Waals surface area contributed by atoms with Crippen molar-refractivity contribution in [3.63, 3.8) is 0 Å². The Hall–Kier alpha value is -2.44. The second-order valence-electron chi connectivity index (χ2n) is 6.96. The number of anilines is 1. The highest BCUT2D eigenvalue weighted by molar-refractivity contribution is 5.95. The largest absolute Gasteiger partial charge is 0.348 e. The molecule has 0 spiro atoms. The van der Waals surface area contributed by atoms with Crippen molar-refractivity contribution in [2.24, 2.45) is 11.7 Å². The summed E-state index contributed by atoms with van der Waals surface area (Å²) in [7, 11) is 0. The van der Waals surface area contributed by atoms with Gasteiger partial charge < -0.3 is 16.4 Å². The van der Waals surface area contributed by atoms with Crippen molar-refractivity contribution in [2.45, 2.75) is 38.3 Å². The molecule has 2 amide bonds. The lowest BCUT2D eigenvalue weighted by Crippen LogP contribution is -2.28. The Balaban J connectivity index is 0.00000280. The van der Waals surface area contributed by atoms with Gasteiger partial charge in [-0.15, -0.1) is 12.4 Å². The summed E-state index contributed by atoms with van der Waals surface area (Å²) < 4.78 is 13.6. The average Bonchev–Trinajstić information content (AvgIpc) is 3.06. The minimum absolute atomic E-state index is 0. The molecule has 1 aliphatic rings. The van der Waals surface area contributed by atoms with Gasteiger partial charge >= 0.3 is 0 Å². The molecular weight excluding hydrogens is 381 g/mol. The average molecular weight is 406 g/mol. The Morgan fingerprint density at radius 1 is 1.07 bits per heavy atom. The minimum Gasteiger partial charge on any atom is -0.348 e. The van der Waals surface area contributed by atoms with Gasteiger partial charge in [-0.05, 0) is 49.1 Å². The van der Waals surface area contributed by atoms with Gasteiger partial charge in [-0.1, -0.05) is 24.6 Å². The molecule has 0 aromatic heterocycles. The van der Waals surface area contributed by atoms with Crippen LogP contribution < -0.4 is 16.4 Å². The van der Waals surface area contributed by atoms with Crippen molar-refractivity contribution in [3.05, 3.63) is 65.5 Å². The van der Waals surface area contributed by atoms with E-state index in [0.717, 1.165) is 19.3 Å². The maximum atomic E-state index is 13.6. The van der Waals surface area contributed by atoms with E-state index in [9.17, 15) is 14.0 Å². The van der Waals surface area contributed by atoms with Gasteiger partial charge in [0.2, 0.25) is 5.91 Å². The third kappa shape index (κ3) is 5.78. The first-order chi connectivity index (χ1) is 13.0. The summed E-state index contributed by atoms with van der Waals surface area (Å²) in [5.41, 5.74) is 7.52. The van der Waals surface area contributed by atoms with Gasteiger partial charge in [-0.2, -0.15) is 0 Å². The van der Waals surface area contributed by atoms with Crippen molar-refractivity contribution in [1.29, 1.82) is 0 Å². The summed E-state index contributed by atoms with van der Waals surface area (Å²) in [5, 5.41) is 5.53. The van der Waals surface area contributed by atoms with Crippen molar-refractivity contribution in [2.75, 3.05) is 5.32 Å². The lowest BCUT2D eigenvalue weighted by atomic mass is 10.00. The highest BCUT2D eigenvalue weighted by Gasteiger charge is 2.26. The highest BCUT2D eigenvalue weighted by Crippen LogP contribution is 2.27. The minimum atomic E-state index is -0.349. The van der Waals surface area contributed by atoms with Crippen LogP contribution in [0.1, 0.15) is 41.6 Å². The predicted octanol–water partition coefficient (Wildman–Crippen LogP) is 3.63. The molecule has 0 unspecified atom stereocenters. The van der Waals surface area contributed by atoms with Crippen LogP contribution in [0.3, 0.4) is 0 Å². The Morgan fingerprint density at radius 3 is 2.43 bits per heavy atom. The number of hydrogen-bond acceptors (Lipinski definition) is 3. The third-order valence-electron chi connectivity index (χ3n) is 4.99. The number of carbonyl (C=O) groups excluding carboxylic acids is 2. The first kappa shape index (κ1) is 21.9. The SMILES string of the molecule is Cl.N[C@@H]1CCC[C@H]1CC(=O)Nc1ccc(C(=O)NCc2ccccc2F)cc1. The molecule has 2 aromatic carbocycles. The third-order valence-corrected chi connectivity index (χ3v) is 4.99. The molecule has 3 rings (SSSR count). The number of nitrogens with one attached hydrogen (secondary N) is 2.